The van der Waals surface area contributed by atoms with Crippen LogP contribution in [-0.4, -0.2) is 29.4 Å². The summed E-state index contributed by atoms with van der Waals surface area (Å²) in [6, 6.07) is 12.5. The number of nitrogens with zero attached hydrogens (tertiary/aromatic N) is 3. The van der Waals surface area contributed by atoms with Crippen molar-refractivity contribution in [3.05, 3.63) is 65.1 Å². The molecule has 140 valence electrons. The Morgan fingerprint density at radius 1 is 1.22 bits per heavy atom. The number of aromatic nitrogens is 2. The van der Waals surface area contributed by atoms with Crippen molar-refractivity contribution in [1.29, 1.82) is 0 Å². The second-order valence-corrected chi connectivity index (χ2v) is 7.61. The number of benzene rings is 1. The fraction of sp³-hybridized carbons (Fsp3) is 0.364. The molecular weight excluding hydrogens is 336 g/mol. The maximum Gasteiger partial charge on any atom is 0.270 e. The molecule has 5 nitrogen and oxygen atoms in total. The van der Waals surface area contributed by atoms with E-state index in [-0.39, 0.29) is 5.91 Å². The maximum absolute atomic E-state index is 12.8. The molecule has 1 N–H and O–H groups in total. The normalized spacial score (nSPS) is 14.2. The molecule has 0 unspecified atom stereocenters. The fourth-order valence-electron chi connectivity index (χ4n) is 3.63. The first-order valence-corrected chi connectivity index (χ1v) is 9.56. The van der Waals surface area contributed by atoms with Gasteiger partial charge in [0, 0.05) is 32.5 Å². The number of amides is 1. The van der Waals surface area contributed by atoms with Crippen LogP contribution in [0.5, 0.6) is 0 Å². The summed E-state index contributed by atoms with van der Waals surface area (Å²) in [4.78, 5) is 19.5. The van der Waals surface area contributed by atoms with Crippen molar-refractivity contribution < 1.29 is 4.79 Å². The standard InChI is InChI=1S/C22H26N4O/c1-15-21(22(27)23-14-16-7-9-19(10-8-16)25(2)3)26-12-11-18(13-20(26)24-15)17-5-4-6-17/h7-13,17H,4-6,14H2,1-3H3,(H,23,27). The Labute approximate surface area is 160 Å². The molecule has 1 aromatic carbocycles. The minimum absolute atomic E-state index is 0.0897. The van der Waals surface area contributed by atoms with Crippen LogP contribution in [-0.2, 0) is 6.54 Å². The third-order valence-electron chi connectivity index (χ3n) is 5.52. The van der Waals surface area contributed by atoms with Gasteiger partial charge < -0.3 is 10.2 Å². The molecule has 0 radical (unpaired) electrons. The lowest BCUT2D eigenvalue weighted by atomic mass is 9.80. The average molecular weight is 362 g/mol. The van der Waals surface area contributed by atoms with Crippen molar-refractivity contribution in [2.24, 2.45) is 0 Å². The van der Waals surface area contributed by atoms with Crippen molar-refractivity contribution in [1.82, 2.24) is 14.7 Å². The number of hydrogen-bond acceptors (Lipinski definition) is 3. The van der Waals surface area contributed by atoms with Gasteiger partial charge in [-0.15, -0.1) is 0 Å². The number of imidazole rings is 1. The van der Waals surface area contributed by atoms with Gasteiger partial charge in [0.15, 0.2) is 0 Å². The number of pyridine rings is 1. The lowest BCUT2D eigenvalue weighted by Gasteiger charge is -2.25. The fourth-order valence-corrected chi connectivity index (χ4v) is 3.63. The van der Waals surface area contributed by atoms with Gasteiger partial charge in [0.1, 0.15) is 11.3 Å². The van der Waals surface area contributed by atoms with Crippen LogP contribution in [0.2, 0.25) is 0 Å². The van der Waals surface area contributed by atoms with E-state index in [0.717, 1.165) is 22.6 Å². The van der Waals surface area contributed by atoms with Gasteiger partial charge in [-0.05, 0) is 61.1 Å². The zero-order chi connectivity index (χ0) is 19.0. The predicted molar refractivity (Wildman–Crippen MR) is 108 cm³/mol. The van der Waals surface area contributed by atoms with Gasteiger partial charge in [0.25, 0.3) is 5.91 Å². The van der Waals surface area contributed by atoms with Gasteiger partial charge in [-0.1, -0.05) is 18.6 Å². The van der Waals surface area contributed by atoms with Crippen molar-refractivity contribution in [3.63, 3.8) is 0 Å². The number of anilines is 1. The zero-order valence-corrected chi connectivity index (χ0v) is 16.2. The zero-order valence-electron chi connectivity index (χ0n) is 16.2. The molecule has 0 bridgehead atoms. The van der Waals surface area contributed by atoms with Crippen LogP contribution < -0.4 is 10.2 Å². The number of carbonyl (C=O) groups is 1. The first-order valence-electron chi connectivity index (χ1n) is 9.56. The quantitative estimate of drug-likeness (QED) is 0.749. The van der Waals surface area contributed by atoms with E-state index in [1.807, 2.05) is 43.7 Å². The molecule has 1 amide bonds. The molecule has 3 aromatic rings. The van der Waals surface area contributed by atoms with Crippen LogP contribution in [0.1, 0.15) is 52.5 Å². The highest BCUT2D eigenvalue weighted by Gasteiger charge is 2.22. The Morgan fingerprint density at radius 3 is 2.59 bits per heavy atom. The van der Waals surface area contributed by atoms with Crippen LogP contribution in [0, 0.1) is 6.92 Å². The molecule has 0 spiro atoms. The molecule has 1 aliphatic carbocycles. The van der Waals surface area contributed by atoms with Gasteiger partial charge in [-0.25, -0.2) is 4.98 Å². The molecule has 2 aromatic heterocycles. The summed E-state index contributed by atoms with van der Waals surface area (Å²) in [7, 11) is 4.03. The highest BCUT2D eigenvalue weighted by atomic mass is 16.1. The summed E-state index contributed by atoms with van der Waals surface area (Å²) in [5.74, 6) is 0.572. The average Bonchev–Trinajstić information content (AvgIpc) is 2.93. The molecule has 27 heavy (non-hydrogen) atoms. The van der Waals surface area contributed by atoms with Gasteiger partial charge in [-0.2, -0.15) is 0 Å². The first kappa shape index (κ1) is 17.6. The summed E-state index contributed by atoms with van der Waals surface area (Å²) in [6.45, 7) is 2.40. The molecule has 4 rings (SSSR count). The van der Waals surface area contributed by atoms with E-state index in [9.17, 15) is 4.79 Å². The Morgan fingerprint density at radius 2 is 1.96 bits per heavy atom. The predicted octanol–water partition coefficient (Wildman–Crippen LogP) is 3.91. The van der Waals surface area contributed by atoms with Crippen LogP contribution in [0.4, 0.5) is 5.69 Å². The van der Waals surface area contributed by atoms with Crippen molar-refractivity contribution in [2.75, 3.05) is 19.0 Å². The van der Waals surface area contributed by atoms with Crippen LogP contribution in [0.25, 0.3) is 5.65 Å². The minimum atomic E-state index is -0.0897. The van der Waals surface area contributed by atoms with Crippen LogP contribution in [0.3, 0.4) is 0 Å². The van der Waals surface area contributed by atoms with Gasteiger partial charge >= 0.3 is 0 Å². The highest BCUT2D eigenvalue weighted by molar-refractivity contribution is 5.94. The Balaban J connectivity index is 1.51. The molecule has 5 heteroatoms. The number of aryl methyl sites for hydroxylation is 1. The molecule has 1 fully saturated rings. The molecule has 0 aliphatic heterocycles. The number of rotatable bonds is 5. The Bertz CT molecular complexity index is 968. The molecule has 2 heterocycles. The van der Waals surface area contributed by atoms with E-state index in [1.54, 1.807) is 0 Å². The molecule has 0 saturated heterocycles. The molecular formula is C22H26N4O. The van der Waals surface area contributed by atoms with Crippen molar-refractivity contribution in [2.45, 2.75) is 38.6 Å². The molecule has 1 aliphatic rings. The van der Waals surface area contributed by atoms with Crippen molar-refractivity contribution in [3.8, 4) is 0 Å². The summed E-state index contributed by atoms with van der Waals surface area (Å²) in [5, 5.41) is 3.03. The van der Waals surface area contributed by atoms with E-state index in [4.69, 9.17) is 0 Å². The van der Waals surface area contributed by atoms with Crippen LogP contribution in [0.15, 0.2) is 42.6 Å². The van der Waals surface area contributed by atoms with E-state index in [2.05, 4.69) is 39.5 Å². The Kier molecular flexibility index (Phi) is 4.60. The summed E-state index contributed by atoms with van der Waals surface area (Å²) >= 11 is 0. The topological polar surface area (TPSA) is 49.6 Å². The number of carbonyl (C=O) groups excluding carboxylic acids is 1. The third kappa shape index (κ3) is 3.42. The Hall–Kier alpha value is -2.82. The van der Waals surface area contributed by atoms with Gasteiger partial charge in [0.05, 0.1) is 5.69 Å². The molecule has 1 saturated carbocycles. The lowest BCUT2D eigenvalue weighted by Crippen LogP contribution is -2.25. The maximum atomic E-state index is 12.8. The third-order valence-corrected chi connectivity index (χ3v) is 5.52. The number of hydrogen-bond donors (Lipinski definition) is 1. The second-order valence-electron chi connectivity index (χ2n) is 7.61. The lowest BCUT2D eigenvalue weighted by molar-refractivity contribution is 0.0944. The SMILES string of the molecule is Cc1nc2cc(C3CCC3)ccn2c1C(=O)NCc1ccc(N(C)C)cc1. The smallest absolute Gasteiger partial charge is 0.270 e. The van der Waals surface area contributed by atoms with E-state index < -0.39 is 0 Å². The van der Waals surface area contributed by atoms with E-state index >= 15 is 0 Å². The van der Waals surface area contributed by atoms with Crippen LogP contribution >= 0.6 is 0 Å². The van der Waals surface area contributed by atoms with Crippen molar-refractivity contribution >= 4 is 17.2 Å². The summed E-state index contributed by atoms with van der Waals surface area (Å²) < 4.78 is 1.90. The monoisotopic (exact) mass is 362 g/mol. The minimum Gasteiger partial charge on any atom is -0.378 e. The first-order chi connectivity index (χ1) is 13.0. The van der Waals surface area contributed by atoms with Gasteiger partial charge in [-0.3, -0.25) is 9.20 Å². The van der Waals surface area contributed by atoms with Gasteiger partial charge in [0.2, 0.25) is 0 Å². The number of nitrogens with one attached hydrogen (secondary N) is 1. The summed E-state index contributed by atoms with van der Waals surface area (Å²) in [6.07, 6.45) is 5.82. The largest absolute Gasteiger partial charge is 0.378 e. The summed E-state index contributed by atoms with van der Waals surface area (Å²) in [5.41, 5.74) is 5.80. The highest BCUT2D eigenvalue weighted by Crippen LogP contribution is 2.36. The molecule has 0 atom stereocenters. The number of fused-ring (bicyclic) bond motifs is 1. The second kappa shape index (κ2) is 7.06. The van der Waals surface area contributed by atoms with E-state index in [0.29, 0.717) is 18.2 Å². The van der Waals surface area contributed by atoms with E-state index in [1.165, 1.54) is 24.8 Å².